The van der Waals surface area contributed by atoms with E-state index in [2.05, 4.69) is 32.3 Å². The van der Waals surface area contributed by atoms with Crippen LogP contribution < -0.4 is 5.32 Å². The van der Waals surface area contributed by atoms with Gasteiger partial charge in [0.1, 0.15) is 23.2 Å². The molecule has 0 radical (unpaired) electrons. The number of likely N-dealkylation sites (tertiary alicyclic amines) is 1. The number of benzene rings is 1. The lowest BCUT2D eigenvalue weighted by Gasteiger charge is -2.30. The van der Waals surface area contributed by atoms with Crippen LogP contribution in [0.5, 0.6) is 0 Å². The topological polar surface area (TPSA) is 67.1 Å². The van der Waals surface area contributed by atoms with Crippen molar-refractivity contribution in [1.29, 1.82) is 0 Å². The number of anilines is 1. The number of halogens is 1. The molecule has 0 aliphatic carbocycles. The molecule has 1 aromatic carbocycles. The molecule has 1 aliphatic rings. The Labute approximate surface area is 157 Å². The fraction of sp³-hybridized carbons (Fsp3) is 0.421. The zero-order chi connectivity index (χ0) is 17.9. The molecule has 1 saturated heterocycles. The summed E-state index contributed by atoms with van der Waals surface area (Å²) < 4.78 is 5.40. The molecule has 0 amide bonds. The van der Waals surface area contributed by atoms with Crippen molar-refractivity contribution in [3.63, 3.8) is 0 Å². The average Bonchev–Trinajstić information content (AvgIpc) is 3.09. The van der Waals surface area contributed by atoms with Gasteiger partial charge in [-0.05, 0) is 44.0 Å². The maximum Gasteiger partial charge on any atom is 0.263 e. The Morgan fingerprint density at radius 1 is 1.19 bits per heavy atom. The highest BCUT2D eigenvalue weighted by Crippen LogP contribution is 2.31. The van der Waals surface area contributed by atoms with Gasteiger partial charge in [0.25, 0.3) is 5.71 Å². The van der Waals surface area contributed by atoms with Gasteiger partial charge < -0.3 is 14.7 Å². The van der Waals surface area contributed by atoms with Crippen LogP contribution in [0.2, 0.25) is 5.02 Å². The van der Waals surface area contributed by atoms with E-state index in [0.29, 0.717) is 10.7 Å². The van der Waals surface area contributed by atoms with Crippen molar-refractivity contribution in [1.82, 2.24) is 20.0 Å². The third-order valence-corrected chi connectivity index (χ3v) is 5.24. The molecule has 1 fully saturated rings. The molecule has 4 rings (SSSR count). The highest BCUT2D eigenvalue weighted by molar-refractivity contribution is 6.30. The Balaban J connectivity index is 1.52. The van der Waals surface area contributed by atoms with E-state index >= 15 is 0 Å². The average molecular weight is 372 g/mol. The summed E-state index contributed by atoms with van der Waals surface area (Å²) in [4.78, 5) is 11.1. The highest BCUT2D eigenvalue weighted by Gasteiger charge is 2.18. The normalized spacial score (nSPS) is 16.2. The quantitative estimate of drug-likeness (QED) is 0.728. The van der Waals surface area contributed by atoms with Crippen molar-refractivity contribution in [2.45, 2.75) is 19.8 Å². The molecule has 0 bridgehead atoms. The first-order valence-corrected chi connectivity index (χ1v) is 9.41. The lowest BCUT2D eigenvalue weighted by atomic mass is 9.99. The van der Waals surface area contributed by atoms with Gasteiger partial charge in [0.05, 0.1) is 0 Å². The zero-order valence-electron chi connectivity index (χ0n) is 14.8. The minimum Gasteiger partial charge on any atom is -0.368 e. The molecule has 3 aromatic rings. The number of rotatable bonds is 5. The van der Waals surface area contributed by atoms with Crippen LogP contribution in [0.3, 0.4) is 0 Å². The minimum atomic E-state index is 0.485. The predicted octanol–water partition coefficient (Wildman–Crippen LogP) is 4.08. The summed E-state index contributed by atoms with van der Waals surface area (Å²) in [5.41, 5.74) is 2.14. The minimum absolute atomic E-state index is 0.485. The second-order valence-corrected chi connectivity index (χ2v) is 7.33. The molecular formula is C19H22ClN5O. The van der Waals surface area contributed by atoms with Gasteiger partial charge in [-0.3, -0.25) is 0 Å². The molecule has 0 saturated carbocycles. The number of piperidine rings is 1. The summed E-state index contributed by atoms with van der Waals surface area (Å²) in [6, 6.07) is 7.52. The van der Waals surface area contributed by atoms with Crippen LogP contribution >= 0.6 is 11.6 Å². The maximum atomic E-state index is 5.99. The van der Waals surface area contributed by atoms with Crippen LogP contribution in [0.4, 0.5) is 5.82 Å². The van der Waals surface area contributed by atoms with Gasteiger partial charge in [0.2, 0.25) is 0 Å². The molecule has 0 atom stereocenters. The third kappa shape index (κ3) is 3.66. The van der Waals surface area contributed by atoms with Crippen LogP contribution in [0, 0.1) is 5.92 Å². The van der Waals surface area contributed by atoms with E-state index in [0.717, 1.165) is 41.5 Å². The molecule has 0 unspecified atom stereocenters. The summed E-state index contributed by atoms with van der Waals surface area (Å²) in [5.74, 6) is 1.60. The van der Waals surface area contributed by atoms with Crippen molar-refractivity contribution in [3.05, 3.63) is 35.6 Å². The van der Waals surface area contributed by atoms with Gasteiger partial charge in [-0.15, -0.1) is 0 Å². The number of fused-ring (bicyclic) bond motifs is 1. The molecule has 136 valence electrons. The van der Waals surface area contributed by atoms with Crippen molar-refractivity contribution >= 4 is 28.5 Å². The van der Waals surface area contributed by atoms with Crippen LogP contribution in [0.15, 0.2) is 35.1 Å². The summed E-state index contributed by atoms with van der Waals surface area (Å²) >= 11 is 5.99. The SMILES string of the molecule is CC1CCN(CCNc2ncnc3onc(-c4ccc(Cl)cc4)c23)CC1. The molecule has 3 heterocycles. The van der Waals surface area contributed by atoms with Crippen molar-refractivity contribution in [2.75, 3.05) is 31.5 Å². The van der Waals surface area contributed by atoms with Gasteiger partial charge in [-0.1, -0.05) is 35.8 Å². The van der Waals surface area contributed by atoms with E-state index in [-0.39, 0.29) is 0 Å². The molecule has 1 N–H and O–H groups in total. The monoisotopic (exact) mass is 371 g/mol. The largest absolute Gasteiger partial charge is 0.368 e. The molecular weight excluding hydrogens is 350 g/mol. The second kappa shape index (κ2) is 7.60. The van der Waals surface area contributed by atoms with E-state index in [4.69, 9.17) is 16.1 Å². The van der Waals surface area contributed by atoms with E-state index in [1.807, 2.05) is 24.3 Å². The highest BCUT2D eigenvalue weighted by atomic mass is 35.5. The first-order chi connectivity index (χ1) is 12.7. The van der Waals surface area contributed by atoms with Crippen LogP contribution in [-0.4, -0.2) is 46.2 Å². The van der Waals surface area contributed by atoms with Crippen LogP contribution in [0.25, 0.3) is 22.4 Å². The third-order valence-electron chi connectivity index (χ3n) is 4.99. The van der Waals surface area contributed by atoms with Gasteiger partial charge >= 0.3 is 0 Å². The van der Waals surface area contributed by atoms with E-state index in [1.165, 1.54) is 32.3 Å². The first kappa shape index (κ1) is 17.2. The van der Waals surface area contributed by atoms with Crippen LogP contribution in [0.1, 0.15) is 19.8 Å². The summed E-state index contributed by atoms with van der Waals surface area (Å²) in [6.07, 6.45) is 4.07. The van der Waals surface area contributed by atoms with Crippen LogP contribution in [-0.2, 0) is 0 Å². The van der Waals surface area contributed by atoms with Gasteiger partial charge in [-0.2, -0.15) is 4.98 Å². The predicted molar refractivity (Wildman–Crippen MR) is 103 cm³/mol. The van der Waals surface area contributed by atoms with E-state index in [1.54, 1.807) is 0 Å². The summed E-state index contributed by atoms with van der Waals surface area (Å²) in [5, 5.41) is 9.12. The van der Waals surface area contributed by atoms with E-state index < -0.39 is 0 Å². The lowest BCUT2D eigenvalue weighted by molar-refractivity contribution is 0.199. The fourth-order valence-electron chi connectivity index (χ4n) is 3.34. The molecule has 0 spiro atoms. The standard InChI is InChI=1S/C19H22ClN5O/c1-13-6-9-25(10-7-13)11-8-21-18-16-17(14-2-4-15(20)5-3-14)24-26-19(16)23-12-22-18/h2-5,12-13H,6-11H2,1H3,(H,21,22,23). The smallest absolute Gasteiger partial charge is 0.263 e. The Morgan fingerprint density at radius 3 is 2.73 bits per heavy atom. The Hall–Kier alpha value is -2.18. The lowest BCUT2D eigenvalue weighted by Crippen LogP contribution is -2.36. The molecule has 1 aliphatic heterocycles. The Kier molecular flexibility index (Phi) is 5.04. The summed E-state index contributed by atoms with van der Waals surface area (Å²) in [6.45, 7) is 6.50. The zero-order valence-corrected chi connectivity index (χ0v) is 15.5. The summed E-state index contributed by atoms with van der Waals surface area (Å²) in [7, 11) is 0. The second-order valence-electron chi connectivity index (χ2n) is 6.89. The van der Waals surface area contributed by atoms with Gasteiger partial charge in [0.15, 0.2) is 0 Å². The number of nitrogens with one attached hydrogen (secondary N) is 1. The maximum absolute atomic E-state index is 5.99. The Morgan fingerprint density at radius 2 is 1.96 bits per heavy atom. The van der Waals surface area contributed by atoms with E-state index in [9.17, 15) is 0 Å². The van der Waals surface area contributed by atoms with Crippen molar-refractivity contribution in [2.24, 2.45) is 5.92 Å². The number of nitrogens with zero attached hydrogens (tertiary/aromatic N) is 4. The van der Waals surface area contributed by atoms with Crippen molar-refractivity contribution in [3.8, 4) is 11.3 Å². The first-order valence-electron chi connectivity index (χ1n) is 9.03. The number of aromatic nitrogens is 3. The van der Waals surface area contributed by atoms with Crippen molar-refractivity contribution < 1.29 is 4.52 Å². The van der Waals surface area contributed by atoms with Gasteiger partial charge in [-0.25, -0.2) is 4.98 Å². The number of hydrogen-bond donors (Lipinski definition) is 1. The molecule has 6 nitrogen and oxygen atoms in total. The molecule has 7 heteroatoms. The fourth-order valence-corrected chi connectivity index (χ4v) is 3.47. The Bertz CT molecular complexity index is 871. The van der Waals surface area contributed by atoms with Gasteiger partial charge in [0, 0.05) is 23.7 Å². The number of hydrogen-bond acceptors (Lipinski definition) is 6. The molecule has 2 aromatic heterocycles. The molecule has 26 heavy (non-hydrogen) atoms.